The average Bonchev–Trinajstić information content (AvgIpc) is 2.44. The Bertz CT molecular complexity index is 354. The third kappa shape index (κ3) is 3.21. The van der Waals surface area contributed by atoms with E-state index < -0.39 is 61.4 Å². The molecule has 0 amide bonds. The number of aliphatic hydroxyl groups is 6. The van der Waals surface area contributed by atoms with Crippen molar-refractivity contribution in [3.8, 4) is 0 Å². The van der Waals surface area contributed by atoms with Gasteiger partial charge in [-0.2, -0.15) is 0 Å². The van der Waals surface area contributed by atoms with Gasteiger partial charge in [-0.25, -0.2) is 0 Å². The summed E-state index contributed by atoms with van der Waals surface area (Å²) >= 11 is 0. The van der Waals surface area contributed by atoms with Gasteiger partial charge in [0.25, 0.3) is 0 Å². The van der Waals surface area contributed by atoms with Crippen LogP contribution in [0.5, 0.6) is 0 Å². The summed E-state index contributed by atoms with van der Waals surface area (Å²) in [5.74, 6) is 0. The highest BCUT2D eigenvalue weighted by Gasteiger charge is 2.48. The molecule has 124 valence electrons. The smallest absolute Gasteiger partial charge is 0.187 e. The second kappa shape index (κ2) is 6.41. The minimum atomic E-state index is -1.57. The maximum absolute atomic E-state index is 9.91. The molecule has 2 aliphatic rings. The van der Waals surface area contributed by atoms with E-state index >= 15 is 0 Å². The minimum absolute atomic E-state index is 0.784. The summed E-state index contributed by atoms with van der Waals surface area (Å²) in [6, 6.07) is 0. The summed E-state index contributed by atoms with van der Waals surface area (Å²) in [4.78, 5) is 0. The molecule has 21 heavy (non-hydrogen) atoms. The van der Waals surface area contributed by atoms with Gasteiger partial charge in [-0.05, 0) is 13.8 Å². The Labute approximate surface area is 121 Å². The predicted molar refractivity (Wildman–Crippen MR) is 65.8 cm³/mol. The molecule has 9 heteroatoms. The Morgan fingerprint density at radius 1 is 0.667 bits per heavy atom. The van der Waals surface area contributed by atoms with Gasteiger partial charge < -0.3 is 44.8 Å². The maximum atomic E-state index is 9.91. The minimum Gasteiger partial charge on any atom is -0.388 e. The van der Waals surface area contributed by atoms with E-state index in [9.17, 15) is 30.6 Å². The van der Waals surface area contributed by atoms with E-state index in [0.29, 0.717) is 0 Å². The lowest BCUT2D eigenvalue weighted by molar-refractivity contribution is -0.348. The summed E-state index contributed by atoms with van der Waals surface area (Å²) in [6.45, 7) is 3.00. The predicted octanol–water partition coefficient (Wildman–Crippen LogP) is -3.34. The number of hydrogen-bond acceptors (Lipinski definition) is 9. The molecule has 0 saturated carbocycles. The van der Waals surface area contributed by atoms with E-state index in [2.05, 4.69) is 0 Å². The van der Waals surface area contributed by atoms with Crippen molar-refractivity contribution < 1.29 is 44.8 Å². The zero-order valence-corrected chi connectivity index (χ0v) is 11.7. The van der Waals surface area contributed by atoms with Crippen molar-refractivity contribution in [1.82, 2.24) is 0 Å². The molecule has 0 bridgehead atoms. The zero-order chi connectivity index (χ0) is 15.9. The molecule has 0 aromatic rings. The van der Waals surface area contributed by atoms with Gasteiger partial charge in [0.2, 0.25) is 0 Å². The standard InChI is InChI=1S/C12H22O9/c1-3-5(13)6(14)9(17)12(20-3)21-10-4(2)19-11(18)8(16)7(10)15/h3-18H,1-2H3. The second-order valence-electron chi connectivity index (χ2n) is 5.50. The third-order valence-corrected chi connectivity index (χ3v) is 3.90. The highest BCUT2D eigenvalue weighted by molar-refractivity contribution is 4.91. The van der Waals surface area contributed by atoms with Crippen LogP contribution < -0.4 is 0 Å². The molecular weight excluding hydrogens is 288 g/mol. The van der Waals surface area contributed by atoms with Crippen molar-refractivity contribution in [2.75, 3.05) is 0 Å². The number of rotatable bonds is 2. The highest BCUT2D eigenvalue weighted by Crippen LogP contribution is 2.28. The molecule has 2 aliphatic heterocycles. The Hall–Kier alpha value is -0.360. The summed E-state index contributed by atoms with van der Waals surface area (Å²) in [5, 5.41) is 58.0. The normalized spacial score (nSPS) is 55.4. The van der Waals surface area contributed by atoms with Gasteiger partial charge >= 0.3 is 0 Å². The van der Waals surface area contributed by atoms with Gasteiger partial charge in [-0.3, -0.25) is 0 Å². The quantitative estimate of drug-likeness (QED) is 0.308. The lowest BCUT2D eigenvalue weighted by Gasteiger charge is -2.44. The number of hydrogen-bond donors (Lipinski definition) is 6. The van der Waals surface area contributed by atoms with E-state index in [-0.39, 0.29) is 0 Å². The van der Waals surface area contributed by atoms with Crippen LogP contribution in [-0.2, 0) is 14.2 Å². The molecule has 2 heterocycles. The fraction of sp³-hybridized carbons (Fsp3) is 1.00. The molecule has 6 N–H and O–H groups in total. The molecule has 10 unspecified atom stereocenters. The van der Waals surface area contributed by atoms with E-state index in [1.54, 1.807) is 0 Å². The van der Waals surface area contributed by atoms with Crippen LogP contribution in [-0.4, -0.2) is 92.1 Å². The first-order valence-corrected chi connectivity index (χ1v) is 6.78. The Kier molecular flexibility index (Phi) is 5.19. The number of ether oxygens (including phenoxy) is 3. The van der Waals surface area contributed by atoms with Gasteiger partial charge in [0.1, 0.15) is 36.6 Å². The van der Waals surface area contributed by atoms with Gasteiger partial charge in [-0.15, -0.1) is 0 Å². The first-order valence-electron chi connectivity index (χ1n) is 6.78. The fourth-order valence-electron chi connectivity index (χ4n) is 2.49. The molecular formula is C12H22O9. The third-order valence-electron chi connectivity index (χ3n) is 3.90. The first kappa shape index (κ1) is 17.0. The van der Waals surface area contributed by atoms with Crippen molar-refractivity contribution in [1.29, 1.82) is 0 Å². The molecule has 0 aromatic heterocycles. The van der Waals surface area contributed by atoms with Crippen molar-refractivity contribution in [3.63, 3.8) is 0 Å². The Balaban J connectivity index is 2.06. The first-order chi connectivity index (χ1) is 9.73. The van der Waals surface area contributed by atoms with Crippen LogP contribution in [0.4, 0.5) is 0 Å². The van der Waals surface area contributed by atoms with Crippen molar-refractivity contribution in [2.24, 2.45) is 0 Å². The summed E-state index contributed by atoms with van der Waals surface area (Å²) in [5.41, 5.74) is 0. The van der Waals surface area contributed by atoms with Crippen LogP contribution in [0.1, 0.15) is 13.8 Å². The molecule has 0 aromatic carbocycles. The molecule has 0 spiro atoms. The molecule has 2 saturated heterocycles. The van der Waals surface area contributed by atoms with Crippen LogP contribution >= 0.6 is 0 Å². The topological polar surface area (TPSA) is 149 Å². The monoisotopic (exact) mass is 310 g/mol. The molecule has 9 nitrogen and oxygen atoms in total. The van der Waals surface area contributed by atoms with E-state index in [1.165, 1.54) is 13.8 Å². The van der Waals surface area contributed by atoms with Gasteiger partial charge in [0, 0.05) is 0 Å². The largest absolute Gasteiger partial charge is 0.388 e. The summed E-state index contributed by atoms with van der Waals surface area (Å²) in [7, 11) is 0. The lowest BCUT2D eigenvalue weighted by Crippen LogP contribution is -2.62. The summed E-state index contributed by atoms with van der Waals surface area (Å²) < 4.78 is 15.6. The van der Waals surface area contributed by atoms with Crippen LogP contribution in [0.2, 0.25) is 0 Å². The molecule has 10 atom stereocenters. The van der Waals surface area contributed by atoms with Gasteiger partial charge in [0.05, 0.1) is 12.2 Å². The highest BCUT2D eigenvalue weighted by atomic mass is 16.7. The van der Waals surface area contributed by atoms with Gasteiger partial charge in [0.15, 0.2) is 12.6 Å². The van der Waals surface area contributed by atoms with Crippen LogP contribution in [0.15, 0.2) is 0 Å². The van der Waals surface area contributed by atoms with Crippen LogP contribution in [0.3, 0.4) is 0 Å². The van der Waals surface area contributed by atoms with E-state index in [4.69, 9.17) is 14.2 Å². The number of aliphatic hydroxyl groups excluding tert-OH is 6. The fourth-order valence-corrected chi connectivity index (χ4v) is 2.49. The SMILES string of the molecule is CC1OC(OC2C(C)OC(O)C(O)C2O)C(O)C(O)C1O. The molecule has 0 radical (unpaired) electrons. The van der Waals surface area contributed by atoms with E-state index in [0.717, 1.165) is 0 Å². The molecule has 0 aliphatic carbocycles. The van der Waals surface area contributed by atoms with Crippen molar-refractivity contribution >= 4 is 0 Å². The van der Waals surface area contributed by atoms with Crippen LogP contribution in [0.25, 0.3) is 0 Å². The van der Waals surface area contributed by atoms with Crippen molar-refractivity contribution in [3.05, 3.63) is 0 Å². The van der Waals surface area contributed by atoms with Gasteiger partial charge in [-0.1, -0.05) is 0 Å². The average molecular weight is 310 g/mol. The summed E-state index contributed by atoms with van der Waals surface area (Å²) in [6.07, 6.45) is -12.8. The Morgan fingerprint density at radius 2 is 1.29 bits per heavy atom. The van der Waals surface area contributed by atoms with E-state index in [1.807, 2.05) is 0 Å². The zero-order valence-electron chi connectivity index (χ0n) is 11.7. The second-order valence-corrected chi connectivity index (χ2v) is 5.50. The molecule has 2 fully saturated rings. The molecule has 2 rings (SSSR count). The maximum Gasteiger partial charge on any atom is 0.187 e. The van der Waals surface area contributed by atoms with Crippen molar-refractivity contribution in [2.45, 2.75) is 75.3 Å². The lowest BCUT2D eigenvalue weighted by atomic mass is 9.98. The van der Waals surface area contributed by atoms with Crippen LogP contribution in [0, 0.1) is 0 Å². The Morgan fingerprint density at radius 3 is 1.90 bits per heavy atom.